The third-order valence-electron chi connectivity index (χ3n) is 9.39. The maximum atomic E-state index is 5.21. The first-order valence-corrected chi connectivity index (χ1v) is 17.9. The number of hydrogen-bond acceptors (Lipinski definition) is 5. The van der Waals surface area contributed by atoms with Crippen molar-refractivity contribution in [3.8, 4) is 90.2 Å². The highest BCUT2D eigenvalue weighted by atomic mass is 14.9. The molecule has 4 aromatic heterocycles. The van der Waals surface area contributed by atoms with E-state index in [4.69, 9.17) is 19.9 Å². The van der Waals surface area contributed by atoms with Crippen LogP contribution in [0.2, 0.25) is 0 Å². The molecule has 0 unspecified atom stereocenters. The molecule has 9 aromatic rings. The lowest BCUT2D eigenvalue weighted by Crippen LogP contribution is -1.96. The molecular weight excluding hydrogens is 659 g/mol. The Hall–Kier alpha value is -7.37. The summed E-state index contributed by atoms with van der Waals surface area (Å²) >= 11 is 0. The van der Waals surface area contributed by atoms with Crippen LogP contribution in [-0.2, 0) is 0 Å². The molecule has 0 spiro atoms. The summed E-state index contributed by atoms with van der Waals surface area (Å²) in [6.07, 6.45) is 1.80. The molecular formula is C49H33N5. The van der Waals surface area contributed by atoms with Gasteiger partial charge in [0, 0.05) is 28.5 Å². The molecule has 0 aliphatic carbocycles. The van der Waals surface area contributed by atoms with Crippen molar-refractivity contribution in [3.05, 3.63) is 200 Å². The van der Waals surface area contributed by atoms with Gasteiger partial charge < -0.3 is 0 Å². The zero-order valence-electron chi connectivity index (χ0n) is 29.3. The largest absolute Gasteiger partial charge is 0.255 e. The summed E-state index contributed by atoms with van der Waals surface area (Å²) in [4.78, 5) is 24.9. The van der Waals surface area contributed by atoms with Crippen LogP contribution in [0.25, 0.3) is 90.2 Å². The number of hydrogen-bond donors (Lipinski definition) is 0. The van der Waals surface area contributed by atoms with Gasteiger partial charge in [0.15, 0.2) is 5.82 Å². The summed E-state index contributed by atoms with van der Waals surface area (Å²) in [7, 11) is 0. The van der Waals surface area contributed by atoms with Crippen molar-refractivity contribution in [2.75, 3.05) is 0 Å². The fourth-order valence-electron chi connectivity index (χ4n) is 6.68. The second kappa shape index (κ2) is 14.7. The van der Waals surface area contributed by atoms with Crippen molar-refractivity contribution in [2.45, 2.75) is 0 Å². The Labute approximate surface area is 314 Å². The van der Waals surface area contributed by atoms with Crippen molar-refractivity contribution in [1.29, 1.82) is 0 Å². The van der Waals surface area contributed by atoms with Gasteiger partial charge in [-0.2, -0.15) is 0 Å². The van der Waals surface area contributed by atoms with Gasteiger partial charge in [-0.3, -0.25) is 4.98 Å². The normalized spacial score (nSPS) is 11.0. The van der Waals surface area contributed by atoms with Gasteiger partial charge in [0.2, 0.25) is 0 Å². The van der Waals surface area contributed by atoms with Crippen LogP contribution < -0.4 is 0 Å². The first kappa shape index (κ1) is 32.5. The van der Waals surface area contributed by atoms with Gasteiger partial charge in [-0.05, 0) is 64.7 Å². The molecule has 0 aliphatic heterocycles. The summed E-state index contributed by atoms with van der Waals surface area (Å²) in [5.74, 6) is 0.697. The van der Waals surface area contributed by atoms with Crippen LogP contribution in [0, 0.1) is 0 Å². The van der Waals surface area contributed by atoms with Crippen molar-refractivity contribution in [1.82, 2.24) is 24.9 Å². The second-order valence-corrected chi connectivity index (χ2v) is 12.9. The number of rotatable bonds is 8. The number of aromatic nitrogens is 5. The molecule has 0 fully saturated rings. The molecule has 0 saturated carbocycles. The zero-order chi connectivity index (χ0) is 36.1. The molecule has 0 saturated heterocycles. The van der Waals surface area contributed by atoms with Crippen LogP contribution in [0.1, 0.15) is 0 Å². The second-order valence-electron chi connectivity index (χ2n) is 12.9. The van der Waals surface area contributed by atoms with Crippen molar-refractivity contribution >= 4 is 0 Å². The predicted octanol–water partition coefficient (Wildman–Crippen LogP) is 12.0. The van der Waals surface area contributed by atoms with E-state index in [1.807, 2.05) is 78.9 Å². The first-order valence-electron chi connectivity index (χ1n) is 17.9. The molecule has 5 nitrogen and oxygen atoms in total. The molecule has 4 heterocycles. The van der Waals surface area contributed by atoms with Gasteiger partial charge >= 0.3 is 0 Å². The van der Waals surface area contributed by atoms with Gasteiger partial charge in [0.1, 0.15) is 0 Å². The lowest BCUT2D eigenvalue weighted by molar-refractivity contribution is 1.18. The van der Waals surface area contributed by atoms with Gasteiger partial charge in [-0.15, -0.1) is 0 Å². The van der Waals surface area contributed by atoms with E-state index >= 15 is 0 Å². The minimum absolute atomic E-state index is 0.697. The summed E-state index contributed by atoms with van der Waals surface area (Å²) in [6, 6.07) is 66.1. The SMILES string of the molecule is c1ccc(-c2cc(-c3ccccn3)nc(-c3cccc(-c4ccccc4-c4ccc(-c5cc(-c6ccccc6)nc(-c6ccccc6)n5)cc4)n3)c2)cc1. The molecule has 0 radical (unpaired) electrons. The van der Waals surface area contributed by atoms with Gasteiger partial charge in [-0.1, -0.05) is 152 Å². The van der Waals surface area contributed by atoms with Crippen molar-refractivity contribution in [2.24, 2.45) is 0 Å². The van der Waals surface area contributed by atoms with E-state index < -0.39 is 0 Å². The van der Waals surface area contributed by atoms with Gasteiger partial charge in [-0.25, -0.2) is 19.9 Å². The molecule has 0 aliphatic rings. The van der Waals surface area contributed by atoms with Crippen molar-refractivity contribution in [3.63, 3.8) is 0 Å². The molecule has 5 aromatic carbocycles. The van der Waals surface area contributed by atoms with E-state index in [9.17, 15) is 0 Å². The maximum Gasteiger partial charge on any atom is 0.160 e. The van der Waals surface area contributed by atoms with E-state index in [1.54, 1.807) is 6.20 Å². The predicted molar refractivity (Wildman–Crippen MR) is 219 cm³/mol. The number of nitrogens with zero attached hydrogens (tertiary/aromatic N) is 5. The summed E-state index contributed by atoms with van der Waals surface area (Å²) in [5, 5.41) is 0. The third-order valence-corrected chi connectivity index (χ3v) is 9.39. The average Bonchev–Trinajstić information content (AvgIpc) is 3.27. The van der Waals surface area contributed by atoms with E-state index in [2.05, 4.69) is 120 Å². The van der Waals surface area contributed by atoms with E-state index in [0.717, 1.165) is 84.4 Å². The number of benzene rings is 5. The Morgan fingerprint density at radius 3 is 1.41 bits per heavy atom. The molecule has 0 amide bonds. The highest BCUT2D eigenvalue weighted by Gasteiger charge is 2.15. The van der Waals surface area contributed by atoms with Gasteiger partial charge in [0.05, 0.1) is 39.9 Å². The Kier molecular flexibility index (Phi) is 8.86. The van der Waals surface area contributed by atoms with Crippen LogP contribution in [0.15, 0.2) is 200 Å². The molecule has 0 N–H and O–H groups in total. The molecule has 254 valence electrons. The van der Waals surface area contributed by atoms with Crippen molar-refractivity contribution < 1.29 is 0 Å². The van der Waals surface area contributed by atoms with E-state index in [0.29, 0.717) is 5.82 Å². The van der Waals surface area contributed by atoms with Crippen LogP contribution in [0.5, 0.6) is 0 Å². The maximum absolute atomic E-state index is 5.21. The smallest absolute Gasteiger partial charge is 0.160 e. The minimum atomic E-state index is 0.697. The van der Waals surface area contributed by atoms with Crippen LogP contribution in [0.4, 0.5) is 0 Å². The highest BCUT2D eigenvalue weighted by molar-refractivity contribution is 5.84. The average molecular weight is 692 g/mol. The monoisotopic (exact) mass is 691 g/mol. The third kappa shape index (κ3) is 6.82. The Bertz CT molecular complexity index is 2560. The Morgan fingerprint density at radius 2 is 0.741 bits per heavy atom. The van der Waals surface area contributed by atoms with Crippen LogP contribution in [0.3, 0.4) is 0 Å². The van der Waals surface area contributed by atoms with Gasteiger partial charge in [0.25, 0.3) is 0 Å². The summed E-state index contributed by atoms with van der Waals surface area (Å²) in [5.41, 5.74) is 14.2. The highest BCUT2D eigenvalue weighted by Crippen LogP contribution is 2.35. The van der Waals surface area contributed by atoms with Crippen LogP contribution >= 0.6 is 0 Å². The first-order chi connectivity index (χ1) is 26.7. The van der Waals surface area contributed by atoms with E-state index in [1.165, 1.54) is 0 Å². The molecule has 9 rings (SSSR count). The molecule has 0 atom stereocenters. The molecule has 0 bridgehead atoms. The summed E-state index contributed by atoms with van der Waals surface area (Å²) in [6.45, 7) is 0. The lowest BCUT2D eigenvalue weighted by Gasteiger charge is -2.13. The molecule has 54 heavy (non-hydrogen) atoms. The zero-order valence-corrected chi connectivity index (χ0v) is 29.3. The minimum Gasteiger partial charge on any atom is -0.255 e. The fourth-order valence-corrected chi connectivity index (χ4v) is 6.68. The van der Waals surface area contributed by atoms with Crippen LogP contribution in [-0.4, -0.2) is 24.9 Å². The fraction of sp³-hybridized carbons (Fsp3) is 0. The Morgan fingerprint density at radius 1 is 0.241 bits per heavy atom. The standard InChI is InChI=1S/C49H33N5/c1-4-15-34(16-5-1)39-31-47(43-23-12-13-30-50-43)52-48(32-39)44-25-14-24-42(51-44)41-22-11-10-21-40(41)35-26-28-37(29-27-35)46-33-45(36-17-6-2-7-18-36)53-49(54-46)38-19-8-3-9-20-38/h1-33H. The lowest BCUT2D eigenvalue weighted by atomic mass is 9.95. The summed E-state index contributed by atoms with van der Waals surface area (Å²) < 4.78 is 0. The Balaban J connectivity index is 1.08. The molecule has 5 heteroatoms. The topological polar surface area (TPSA) is 64.5 Å². The van der Waals surface area contributed by atoms with E-state index in [-0.39, 0.29) is 0 Å². The quantitative estimate of drug-likeness (QED) is 0.159. The number of pyridine rings is 3.